The SMILES string of the molecule is C=CC(C)NC(=O)CCC1=CCc2ccccc21. The molecule has 0 saturated carbocycles. The van der Waals surface area contributed by atoms with Crippen molar-refractivity contribution in [2.24, 2.45) is 0 Å². The van der Waals surface area contributed by atoms with Crippen LogP contribution >= 0.6 is 0 Å². The molecule has 0 saturated heterocycles. The van der Waals surface area contributed by atoms with E-state index < -0.39 is 0 Å². The van der Waals surface area contributed by atoms with E-state index >= 15 is 0 Å². The van der Waals surface area contributed by atoms with E-state index in [0.29, 0.717) is 6.42 Å². The van der Waals surface area contributed by atoms with Crippen molar-refractivity contribution in [2.45, 2.75) is 32.2 Å². The smallest absolute Gasteiger partial charge is 0.220 e. The highest BCUT2D eigenvalue weighted by Crippen LogP contribution is 2.30. The molecule has 0 heterocycles. The summed E-state index contributed by atoms with van der Waals surface area (Å²) in [6.45, 7) is 5.58. The number of hydrogen-bond acceptors (Lipinski definition) is 1. The highest BCUT2D eigenvalue weighted by molar-refractivity contribution is 5.80. The normalized spacial score (nSPS) is 14.6. The molecule has 0 spiro atoms. The Morgan fingerprint density at radius 3 is 3.06 bits per heavy atom. The van der Waals surface area contributed by atoms with Crippen LogP contribution in [0.1, 0.15) is 30.9 Å². The first kappa shape index (κ1) is 12.6. The van der Waals surface area contributed by atoms with Gasteiger partial charge in [-0.05, 0) is 36.5 Å². The van der Waals surface area contributed by atoms with Crippen LogP contribution in [0.25, 0.3) is 5.57 Å². The third-order valence-corrected chi connectivity index (χ3v) is 3.30. The van der Waals surface area contributed by atoms with Crippen molar-refractivity contribution in [3.63, 3.8) is 0 Å². The molecular weight excluding hydrogens is 222 g/mol. The Morgan fingerprint density at radius 1 is 1.50 bits per heavy atom. The van der Waals surface area contributed by atoms with Gasteiger partial charge in [0, 0.05) is 12.5 Å². The number of amides is 1. The number of carbonyl (C=O) groups is 1. The minimum absolute atomic E-state index is 0.0438. The van der Waals surface area contributed by atoms with Gasteiger partial charge in [0.05, 0.1) is 0 Å². The Bertz CT molecular complexity index is 488. The summed E-state index contributed by atoms with van der Waals surface area (Å²) in [5.41, 5.74) is 3.97. The van der Waals surface area contributed by atoms with Gasteiger partial charge in [-0.3, -0.25) is 4.79 Å². The Balaban J connectivity index is 1.89. The van der Waals surface area contributed by atoms with Crippen LogP contribution in [0.3, 0.4) is 0 Å². The molecule has 0 radical (unpaired) electrons. The highest BCUT2D eigenvalue weighted by Gasteiger charge is 2.14. The molecule has 2 rings (SSSR count). The van der Waals surface area contributed by atoms with Crippen molar-refractivity contribution in [3.8, 4) is 0 Å². The van der Waals surface area contributed by atoms with E-state index in [1.165, 1.54) is 16.7 Å². The molecule has 1 amide bonds. The summed E-state index contributed by atoms with van der Waals surface area (Å²) < 4.78 is 0. The second-order valence-corrected chi connectivity index (χ2v) is 4.68. The average Bonchev–Trinajstić information content (AvgIpc) is 2.79. The summed E-state index contributed by atoms with van der Waals surface area (Å²) in [5, 5.41) is 2.89. The third-order valence-electron chi connectivity index (χ3n) is 3.30. The average molecular weight is 241 g/mol. The Morgan fingerprint density at radius 2 is 2.28 bits per heavy atom. The van der Waals surface area contributed by atoms with Crippen molar-refractivity contribution < 1.29 is 4.79 Å². The van der Waals surface area contributed by atoms with E-state index in [1.54, 1.807) is 6.08 Å². The fourth-order valence-corrected chi connectivity index (χ4v) is 2.22. The maximum atomic E-state index is 11.7. The molecule has 1 aliphatic carbocycles. The van der Waals surface area contributed by atoms with Crippen LogP contribution in [0.4, 0.5) is 0 Å². The van der Waals surface area contributed by atoms with Crippen molar-refractivity contribution in [1.82, 2.24) is 5.32 Å². The maximum Gasteiger partial charge on any atom is 0.220 e. The van der Waals surface area contributed by atoms with Crippen LogP contribution in [0.2, 0.25) is 0 Å². The Hall–Kier alpha value is -1.83. The molecule has 1 N–H and O–H groups in total. The first-order valence-electron chi connectivity index (χ1n) is 6.40. The van der Waals surface area contributed by atoms with E-state index in [1.807, 2.05) is 6.92 Å². The van der Waals surface area contributed by atoms with Gasteiger partial charge in [-0.1, -0.05) is 36.4 Å². The zero-order valence-corrected chi connectivity index (χ0v) is 10.8. The fraction of sp³-hybridized carbons (Fsp3) is 0.312. The number of fused-ring (bicyclic) bond motifs is 1. The minimum Gasteiger partial charge on any atom is -0.350 e. The molecular formula is C16H19NO. The molecule has 1 unspecified atom stereocenters. The van der Waals surface area contributed by atoms with Crippen molar-refractivity contribution in [1.29, 1.82) is 0 Å². The standard InChI is InChI=1S/C16H19NO/c1-3-12(2)17-16(18)11-10-14-9-8-13-6-4-5-7-15(13)14/h3-7,9,12H,1,8,10-11H2,2H3,(H,17,18). The van der Waals surface area contributed by atoms with Gasteiger partial charge in [-0.15, -0.1) is 6.58 Å². The molecule has 1 atom stereocenters. The van der Waals surface area contributed by atoms with Gasteiger partial charge >= 0.3 is 0 Å². The molecule has 2 nitrogen and oxygen atoms in total. The second-order valence-electron chi connectivity index (χ2n) is 4.68. The quantitative estimate of drug-likeness (QED) is 0.789. The van der Waals surface area contributed by atoms with Crippen molar-refractivity contribution >= 4 is 11.5 Å². The van der Waals surface area contributed by atoms with Gasteiger partial charge in [0.1, 0.15) is 0 Å². The Kier molecular flexibility index (Phi) is 3.98. The number of allylic oxidation sites excluding steroid dienone is 2. The Labute approximate surface area is 108 Å². The third kappa shape index (κ3) is 2.89. The van der Waals surface area contributed by atoms with E-state index in [4.69, 9.17) is 0 Å². The minimum atomic E-state index is 0.0438. The molecule has 0 fully saturated rings. The first-order valence-corrected chi connectivity index (χ1v) is 6.40. The molecule has 0 aliphatic heterocycles. The molecule has 1 aromatic carbocycles. The van der Waals surface area contributed by atoms with Gasteiger partial charge in [-0.25, -0.2) is 0 Å². The summed E-state index contributed by atoms with van der Waals surface area (Å²) in [6.07, 6.45) is 6.32. The molecule has 94 valence electrons. The monoisotopic (exact) mass is 241 g/mol. The van der Waals surface area contributed by atoms with Crippen molar-refractivity contribution in [2.75, 3.05) is 0 Å². The molecule has 0 bridgehead atoms. The lowest BCUT2D eigenvalue weighted by Crippen LogP contribution is -2.30. The summed E-state index contributed by atoms with van der Waals surface area (Å²) >= 11 is 0. The topological polar surface area (TPSA) is 29.1 Å². The molecule has 1 aromatic rings. The zero-order valence-electron chi connectivity index (χ0n) is 10.8. The van der Waals surface area contributed by atoms with Gasteiger partial charge in [0.15, 0.2) is 0 Å². The van der Waals surface area contributed by atoms with E-state index in [2.05, 4.69) is 42.2 Å². The molecule has 0 aromatic heterocycles. The number of hydrogen-bond donors (Lipinski definition) is 1. The largest absolute Gasteiger partial charge is 0.350 e. The van der Waals surface area contributed by atoms with Crippen LogP contribution < -0.4 is 5.32 Å². The van der Waals surface area contributed by atoms with E-state index in [9.17, 15) is 4.79 Å². The lowest BCUT2D eigenvalue weighted by Gasteiger charge is -2.10. The number of carbonyl (C=O) groups excluding carboxylic acids is 1. The van der Waals surface area contributed by atoms with Gasteiger partial charge < -0.3 is 5.32 Å². The molecule has 1 aliphatic rings. The number of nitrogens with one attached hydrogen (secondary N) is 1. The maximum absolute atomic E-state index is 11.7. The summed E-state index contributed by atoms with van der Waals surface area (Å²) in [7, 11) is 0. The van der Waals surface area contributed by atoms with Crippen LogP contribution in [0.5, 0.6) is 0 Å². The van der Waals surface area contributed by atoms with Gasteiger partial charge in [-0.2, -0.15) is 0 Å². The second kappa shape index (κ2) is 5.67. The lowest BCUT2D eigenvalue weighted by atomic mass is 10.0. The summed E-state index contributed by atoms with van der Waals surface area (Å²) in [5.74, 6) is 0.0904. The zero-order chi connectivity index (χ0) is 13.0. The highest BCUT2D eigenvalue weighted by atomic mass is 16.1. The van der Waals surface area contributed by atoms with Gasteiger partial charge in [0.2, 0.25) is 5.91 Å². The van der Waals surface area contributed by atoms with Crippen LogP contribution in [-0.4, -0.2) is 11.9 Å². The lowest BCUT2D eigenvalue weighted by molar-refractivity contribution is -0.121. The predicted molar refractivity (Wildman–Crippen MR) is 75.2 cm³/mol. The first-order chi connectivity index (χ1) is 8.70. The van der Waals surface area contributed by atoms with E-state index in [0.717, 1.165) is 12.8 Å². The van der Waals surface area contributed by atoms with E-state index in [-0.39, 0.29) is 11.9 Å². The van der Waals surface area contributed by atoms with Gasteiger partial charge in [0.25, 0.3) is 0 Å². The van der Waals surface area contributed by atoms with Crippen LogP contribution in [0.15, 0.2) is 43.0 Å². The summed E-state index contributed by atoms with van der Waals surface area (Å²) in [4.78, 5) is 11.7. The van der Waals surface area contributed by atoms with Crippen LogP contribution in [-0.2, 0) is 11.2 Å². The molecule has 18 heavy (non-hydrogen) atoms. The predicted octanol–water partition coefficient (Wildman–Crippen LogP) is 3.10. The van der Waals surface area contributed by atoms with Crippen molar-refractivity contribution in [3.05, 3.63) is 54.1 Å². The van der Waals surface area contributed by atoms with Crippen LogP contribution in [0, 0.1) is 0 Å². The number of rotatable bonds is 5. The fourth-order valence-electron chi connectivity index (χ4n) is 2.22. The number of benzene rings is 1. The summed E-state index contributed by atoms with van der Waals surface area (Å²) in [6, 6.07) is 8.45. The molecule has 2 heteroatoms.